The van der Waals surface area contributed by atoms with Crippen molar-refractivity contribution in [2.24, 2.45) is 0 Å². The lowest BCUT2D eigenvalue weighted by atomic mass is 10.0. The topological polar surface area (TPSA) is 100 Å². The zero-order valence-corrected chi connectivity index (χ0v) is 16.4. The maximum atomic E-state index is 12.6. The van der Waals surface area contributed by atoms with Crippen molar-refractivity contribution >= 4 is 11.8 Å². The number of carbonyl (C=O) groups excluding carboxylic acids is 2. The zero-order valence-electron chi connectivity index (χ0n) is 16.4. The molecular formula is C19H27N3O4. The van der Waals surface area contributed by atoms with Gasteiger partial charge in [0.05, 0.1) is 17.2 Å². The highest BCUT2D eigenvalue weighted by molar-refractivity contribution is 5.99. The summed E-state index contributed by atoms with van der Waals surface area (Å²) in [6.07, 6.45) is 0. The molecule has 0 aromatic heterocycles. The molecule has 0 aliphatic rings. The van der Waals surface area contributed by atoms with E-state index in [0.717, 1.165) is 0 Å². The van der Waals surface area contributed by atoms with E-state index >= 15 is 0 Å². The molecule has 7 heteroatoms. The van der Waals surface area contributed by atoms with Gasteiger partial charge in [0, 0.05) is 5.56 Å². The van der Waals surface area contributed by atoms with Crippen molar-refractivity contribution < 1.29 is 19.4 Å². The van der Waals surface area contributed by atoms with Gasteiger partial charge < -0.3 is 10.6 Å². The third-order valence-corrected chi connectivity index (χ3v) is 3.18. The maximum Gasteiger partial charge on any atom is 0.252 e. The van der Waals surface area contributed by atoms with Crippen molar-refractivity contribution in [3.8, 4) is 6.07 Å². The number of nitrogens with zero attached hydrogens (tertiary/aromatic N) is 1. The average molecular weight is 361 g/mol. The molecule has 26 heavy (non-hydrogen) atoms. The molecule has 2 amide bonds. The third kappa shape index (κ3) is 6.82. The summed E-state index contributed by atoms with van der Waals surface area (Å²) in [5.74, 6) is -0.846. The normalized spacial score (nSPS) is 12.2. The standard InChI is InChI=1S/C19H27N3O4/c1-17(2,3)25-26-19(6,7)22-16(24)18(4,5)21-15(23)14-10-8-13(12-20)9-11-14/h8-11H,1-7H3,(H,21,23)(H,22,24). The summed E-state index contributed by atoms with van der Waals surface area (Å²) in [7, 11) is 0. The van der Waals surface area contributed by atoms with Crippen molar-refractivity contribution in [3.05, 3.63) is 35.4 Å². The van der Waals surface area contributed by atoms with Gasteiger partial charge in [-0.15, -0.1) is 0 Å². The minimum atomic E-state index is -1.19. The molecule has 7 nitrogen and oxygen atoms in total. The molecule has 1 aromatic carbocycles. The Morgan fingerprint density at radius 1 is 0.923 bits per heavy atom. The summed E-state index contributed by atoms with van der Waals surface area (Å²) >= 11 is 0. The molecule has 1 aromatic rings. The highest BCUT2D eigenvalue weighted by Gasteiger charge is 2.35. The van der Waals surface area contributed by atoms with Crippen LogP contribution in [0.4, 0.5) is 0 Å². The van der Waals surface area contributed by atoms with Crippen LogP contribution in [0.1, 0.15) is 64.4 Å². The Morgan fingerprint density at radius 2 is 1.46 bits per heavy atom. The summed E-state index contributed by atoms with van der Waals surface area (Å²) in [5, 5.41) is 14.2. The second kappa shape index (κ2) is 7.85. The summed E-state index contributed by atoms with van der Waals surface area (Å²) in [4.78, 5) is 35.5. The van der Waals surface area contributed by atoms with E-state index in [2.05, 4.69) is 10.6 Å². The lowest BCUT2D eigenvalue weighted by Crippen LogP contribution is -2.59. The number of hydrogen-bond acceptors (Lipinski definition) is 5. The fourth-order valence-electron chi connectivity index (χ4n) is 1.79. The van der Waals surface area contributed by atoms with Crippen LogP contribution in [0.25, 0.3) is 0 Å². The van der Waals surface area contributed by atoms with Crippen LogP contribution >= 0.6 is 0 Å². The van der Waals surface area contributed by atoms with Gasteiger partial charge in [-0.1, -0.05) is 0 Å². The molecule has 0 bridgehead atoms. The Bertz CT molecular complexity index is 695. The van der Waals surface area contributed by atoms with E-state index in [1.54, 1.807) is 39.8 Å². The Labute approximate surface area is 154 Å². The summed E-state index contributed by atoms with van der Waals surface area (Å²) in [6.45, 7) is 11.9. The molecule has 142 valence electrons. The van der Waals surface area contributed by atoms with Crippen LogP contribution in [0.3, 0.4) is 0 Å². The molecule has 0 aliphatic heterocycles. The number of nitriles is 1. The van der Waals surface area contributed by atoms with Crippen molar-refractivity contribution in [2.45, 2.75) is 65.3 Å². The molecule has 1 rings (SSSR count). The van der Waals surface area contributed by atoms with Gasteiger partial charge in [0.1, 0.15) is 5.54 Å². The first-order chi connectivity index (χ1) is 11.8. The number of amides is 2. The maximum absolute atomic E-state index is 12.6. The predicted octanol–water partition coefficient (Wildman–Crippen LogP) is 2.67. The van der Waals surface area contributed by atoms with Gasteiger partial charge in [-0.3, -0.25) is 9.59 Å². The van der Waals surface area contributed by atoms with Crippen molar-refractivity contribution in [3.63, 3.8) is 0 Å². The second-order valence-corrected chi connectivity index (χ2v) is 8.01. The fourth-order valence-corrected chi connectivity index (χ4v) is 1.79. The van der Waals surface area contributed by atoms with Crippen LogP contribution in [-0.4, -0.2) is 28.7 Å². The first-order valence-electron chi connectivity index (χ1n) is 8.28. The molecule has 0 radical (unpaired) electrons. The zero-order chi connectivity index (χ0) is 20.2. The summed E-state index contributed by atoms with van der Waals surface area (Å²) < 4.78 is 0. The third-order valence-electron chi connectivity index (χ3n) is 3.18. The smallest absolute Gasteiger partial charge is 0.252 e. The molecule has 0 fully saturated rings. The van der Waals surface area contributed by atoms with Gasteiger partial charge in [-0.2, -0.15) is 5.26 Å². The minimum absolute atomic E-state index is 0.358. The van der Waals surface area contributed by atoms with Gasteiger partial charge in [0.15, 0.2) is 5.72 Å². The van der Waals surface area contributed by atoms with Crippen LogP contribution in [-0.2, 0) is 14.6 Å². The van der Waals surface area contributed by atoms with Crippen molar-refractivity contribution in [1.82, 2.24) is 10.6 Å². The monoisotopic (exact) mass is 361 g/mol. The molecule has 2 N–H and O–H groups in total. The highest BCUT2D eigenvalue weighted by Crippen LogP contribution is 2.16. The van der Waals surface area contributed by atoms with E-state index in [0.29, 0.717) is 11.1 Å². The number of hydrogen-bond donors (Lipinski definition) is 2. The Morgan fingerprint density at radius 3 is 1.92 bits per heavy atom. The molecule has 0 heterocycles. The van der Waals surface area contributed by atoms with Gasteiger partial charge in [-0.05, 0) is 72.7 Å². The lowest BCUT2D eigenvalue weighted by Gasteiger charge is -2.33. The van der Waals surface area contributed by atoms with Crippen molar-refractivity contribution in [1.29, 1.82) is 5.26 Å². The van der Waals surface area contributed by atoms with Crippen LogP contribution in [0.5, 0.6) is 0 Å². The Hall–Kier alpha value is -2.43. The van der Waals surface area contributed by atoms with E-state index in [1.807, 2.05) is 26.8 Å². The molecule has 0 saturated heterocycles. The molecular weight excluding hydrogens is 334 g/mol. The molecule has 0 unspecified atom stereocenters. The van der Waals surface area contributed by atoms with E-state index < -0.39 is 28.7 Å². The summed E-state index contributed by atoms with van der Waals surface area (Å²) in [5.41, 5.74) is -1.98. The first kappa shape index (κ1) is 21.6. The second-order valence-electron chi connectivity index (χ2n) is 8.01. The predicted molar refractivity (Wildman–Crippen MR) is 96.8 cm³/mol. The van der Waals surface area contributed by atoms with Crippen molar-refractivity contribution in [2.75, 3.05) is 0 Å². The number of benzene rings is 1. The van der Waals surface area contributed by atoms with Crippen LogP contribution < -0.4 is 10.6 Å². The number of rotatable bonds is 6. The fraction of sp³-hybridized carbons (Fsp3) is 0.526. The Balaban J connectivity index is 2.74. The van der Waals surface area contributed by atoms with Crippen LogP contribution in [0.2, 0.25) is 0 Å². The quantitative estimate of drug-likeness (QED) is 0.461. The van der Waals surface area contributed by atoms with E-state index in [4.69, 9.17) is 15.0 Å². The van der Waals surface area contributed by atoms with E-state index in [9.17, 15) is 9.59 Å². The minimum Gasteiger partial charge on any atom is -0.338 e. The Kier molecular flexibility index (Phi) is 6.53. The number of carbonyl (C=O) groups is 2. The molecule has 0 saturated carbocycles. The van der Waals surface area contributed by atoms with Crippen LogP contribution in [0.15, 0.2) is 24.3 Å². The van der Waals surface area contributed by atoms with Gasteiger partial charge in [0.2, 0.25) is 5.91 Å². The van der Waals surface area contributed by atoms with Gasteiger partial charge >= 0.3 is 0 Å². The molecule has 0 spiro atoms. The number of nitrogens with one attached hydrogen (secondary N) is 2. The average Bonchev–Trinajstić information content (AvgIpc) is 2.51. The van der Waals surface area contributed by atoms with Gasteiger partial charge in [0.25, 0.3) is 5.91 Å². The molecule has 0 aliphatic carbocycles. The SMILES string of the molecule is CC(C)(C)OOC(C)(C)NC(=O)C(C)(C)NC(=O)c1ccc(C#N)cc1. The van der Waals surface area contributed by atoms with E-state index in [-0.39, 0.29) is 0 Å². The first-order valence-corrected chi connectivity index (χ1v) is 8.28. The highest BCUT2D eigenvalue weighted by atomic mass is 17.2. The largest absolute Gasteiger partial charge is 0.338 e. The summed E-state index contributed by atoms with van der Waals surface area (Å²) in [6, 6.07) is 8.14. The van der Waals surface area contributed by atoms with Crippen LogP contribution in [0, 0.1) is 11.3 Å². The lowest BCUT2D eigenvalue weighted by molar-refractivity contribution is -0.401. The molecule has 0 atom stereocenters. The van der Waals surface area contributed by atoms with E-state index in [1.165, 1.54) is 12.1 Å². The van der Waals surface area contributed by atoms with Gasteiger partial charge in [-0.25, -0.2) is 9.78 Å².